The van der Waals surface area contributed by atoms with Crippen molar-refractivity contribution in [2.24, 2.45) is 7.05 Å². The van der Waals surface area contributed by atoms with E-state index in [2.05, 4.69) is 20.3 Å². The fourth-order valence-electron chi connectivity index (χ4n) is 3.55. The average molecular weight is 343 g/mol. The number of aryl methyl sites for hydroxylation is 2. The van der Waals surface area contributed by atoms with E-state index >= 15 is 0 Å². The first-order valence-electron chi connectivity index (χ1n) is 8.58. The molecule has 0 spiro atoms. The minimum atomic E-state index is 0.0121. The number of rotatable bonds is 6. The molecule has 134 valence electrons. The molecule has 0 aliphatic carbocycles. The highest BCUT2D eigenvalue weighted by Crippen LogP contribution is 2.38. The maximum Gasteiger partial charge on any atom is 0.234 e. The molecule has 0 bridgehead atoms. The van der Waals surface area contributed by atoms with E-state index in [9.17, 15) is 4.79 Å². The lowest BCUT2D eigenvalue weighted by atomic mass is 10.1. The van der Waals surface area contributed by atoms with Gasteiger partial charge in [-0.1, -0.05) is 6.07 Å². The molecule has 2 aromatic heterocycles. The number of hydrogen-bond acceptors (Lipinski definition) is 5. The summed E-state index contributed by atoms with van der Waals surface area (Å²) in [7, 11) is 3.55. The molecule has 1 atom stereocenters. The number of carbonyl (C=O) groups is 1. The molecule has 3 rings (SSSR count). The van der Waals surface area contributed by atoms with Crippen LogP contribution in [0.15, 0.2) is 24.4 Å². The van der Waals surface area contributed by atoms with Crippen LogP contribution in [0.1, 0.15) is 35.8 Å². The van der Waals surface area contributed by atoms with Gasteiger partial charge in [-0.25, -0.2) is 4.68 Å². The van der Waals surface area contributed by atoms with Crippen molar-refractivity contribution in [1.82, 2.24) is 25.0 Å². The first-order chi connectivity index (χ1) is 12.1. The first-order valence-corrected chi connectivity index (χ1v) is 8.58. The number of likely N-dealkylation sites (tertiary alicyclic amines) is 1. The van der Waals surface area contributed by atoms with E-state index in [1.807, 2.05) is 32.2 Å². The summed E-state index contributed by atoms with van der Waals surface area (Å²) in [5.74, 6) is 0.793. The highest BCUT2D eigenvalue weighted by Gasteiger charge is 2.33. The first kappa shape index (κ1) is 17.4. The molecule has 0 aromatic carbocycles. The zero-order valence-corrected chi connectivity index (χ0v) is 15.0. The van der Waals surface area contributed by atoms with Crippen LogP contribution in [0.25, 0.3) is 0 Å². The molecule has 1 N–H and O–H groups in total. The predicted molar refractivity (Wildman–Crippen MR) is 94.1 cm³/mol. The fourth-order valence-corrected chi connectivity index (χ4v) is 3.55. The van der Waals surface area contributed by atoms with Gasteiger partial charge in [0.25, 0.3) is 0 Å². The Balaban J connectivity index is 1.65. The van der Waals surface area contributed by atoms with Crippen LogP contribution < -0.4 is 10.1 Å². The number of hydrogen-bond donors (Lipinski definition) is 1. The third kappa shape index (κ3) is 3.82. The number of nitrogens with zero attached hydrogens (tertiary/aromatic N) is 4. The minimum Gasteiger partial charge on any atom is -0.481 e. The molecule has 0 radical (unpaired) electrons. The maximum atomic E-state index is 12.4. The number of carbonyl (C=O) groups excluding carboxylic acids is 1. The second kappa shape index (κ2) is 7.65. The van der Waals surface area contributed by atoms with Crippen LogP contribution in [0.3, 0.4) is 0 Å². The summed E-state index contributed by atoms with van der Waals surface area (Å²) in [4.78, 5) is 18.8. The summed E-state index contributed by atoms with van der Waals surface area (Å²) in [6.45, 7) is 3.72. The quantitative estimate of drug-likeness (QED) is 0.862. The van der Waals surface area contributed by atoms with E-state index in [0.717, 1.165) is 42.2 Å². The van der Waals surface area contributed by atoms with Crippen molar-refractivity contribution >= 4 is 5.91 Å². The molecule has 3 heterocycles. The summed E-state index contributed by atoms with van der Waals surface area (Å²) in [6.07, 6.45) is 3.81. The Bertz CT molecular complexity index is 729. The number of methoxy groups -OCH3 is 1. The molecule has 7 heteroatoms. The molecular weight excluding hydrogens is 318 g/mol. The van der Waals surface area contributed by atoms with E-state index in [4.69, 9.17) is 4.74 Å². The molecule has 1 amide bonds. The summed E-state index contributed by atoms with van der Waals surface area (Å²) < 4.78 is 7.30. The lowest BCUT2D eigenvalue weighted by Crippen LogP contribution is -2.37. The minimum absolute atomic E-state index is 0.0121. The predicted octanol–water partition coefficient (Wildman–Crippen LogP) is 1.59. The van der Waals surface area contributed by atoms with E-state index in [1.165, 1.54) is 0 Å². The van der Waals surface area contributed by atoms with Crippen LogP contribution in [-0.4, -0.2) is 45.8 Å². The monoisotopic (exact) mass is 343 g/mol. The largest absolute Gasteiger partial charge is 0.481 e. The lowest BCUT2D eigenvalue weighted by molar-refractivity contribution is -0.122. The molecule has 1 aliphatic rings. The van der Waals surface area contributed by atoms with Gasteiger partial charge in [0.1, 0.15) is 0 Å². The van der Waals surface area contributed by atoms with E-state index in [-0.39, 0.29) is 11.9 Å². The van der Waals surface area contributed by atoms with Crippen molar-refractivity contribution in [3.05, 3.63) is 41.3 Å². The number of nitrogens with one attached hydrogen (secondary N) is 1. The van der Waals surface area contributed by atoms with Crippen molar-refractivity contribution in [2.75, 3.05) is 20.2 Å². The Kier molecular flexibility index (Phi) is 5.33. The van der Waals surface area contributed by atoms with Crippen molar-refractivity contribution in [1.29, 1.82) is 0 Å². The lowest BCUT2D eigenvalue weighted by Gasteiger charge is -2.24. The van der Waals surface area contributed by atoms with Crippen LogP contribution in [0.5, 0.6) is 5.88 Å². The summed E-state index contributed by atoms with van der Waals surface area (Å²) in [5.41, 5.74) is 2.92. The van der Waals surface area contributed by atoms with Gasteiger partial charge in [0.05, 0.1) is 37.2 Å². The third-order valence-corrected chi connectivity index (χ3v) is 4.64. The number of amides is 1. The van der Waals surface area contributed by atoms with Gasteiger partial charge in [0.2, 0.25) is 11.8 Å². The normalized spacial score (nSPS) is 17.6. The second-order valence-electron chi connectivity index (χ2n) is 6.36. The average Bonchev–Trinajstić information content (AvgIpc) is 3.16. The molecular formula is C18H25N5O2. The van der Waals surface area contributed by atoms with Gasteiger partial charge in [0, 0.05) is 19.3 Å². The van der Waals surface area contributed by atoms with E-state index in [0.29, 0.717) is 13.1 Å². The summed E-state index contributed by atoms with van der Waals surface area (Å²) in [6, 6.07) is 5.86. The Hall–Kier alpha value is -2.41. The third-order valence-electron chi connectivity index (χ3n) is 4.64. The molecule has 1 fully saturated rings. The second-order valence-corrected chi connectivity index (χ2v) is 6.36. The van der Waals surface area contributed by atoms with Gasteiger partial charge in [-0.05, 0) is 38.4 Å². The molecule has 0 unspecified atom stereocenters. The number of pyridine rings is 1. The molecule has 2 aromatic rings. The van der Waals surface area contributed by atoms with Crippen LogP contribution in [-0.2, 0) is 18.4 Å². The topological polar surface area (TPSA) is 72.3 Å². The Labute approximate surface area is 148 Å². The number of aromatic nitrogens is 3. The van der Waals surface area contributed by atoms with Gasteiger partial charge in [-0.2, -0.15) is 5.10 Å². The smallest absolute Gasteiger partial charge is 0.234 e. The molecule has 1 aliphatic heterocycles. The van der Waals surface area contributed by atoms with E-state index < -0.39 is 0 Å². The van der Waals surface area contributed by atoms with Crippen LogP contribution in [0.2, 0.25) is 0 Å². The molecule has 7 nitrogen and oxygen atoms in total. The Morgan fingerprint density at radius 2 is 2.28 bits per heavy atom. The fraction of sp³-hybridized carbons (Fsp3) is 0.500. The maximum absolute atomic E-state index is 12.4. The van der Waals surface area contributed by atoms with Gasteiger partial charge in [0.15, 0.2) is 0 Å². The SMILES string of the molecule is COc1c([C@@H]2CCCN2CC(=O)NCc2ccccn2)c(C)nn1C. The standard InChI is InChI=1S/C18H25N5O2/c1-13-17(18(25-3)22(2)21-13)15-8-6-10-23(15)12-16(24)20-11-14-7-4-5-9-19-14/h4-5,7,9,15H,6,8,10-12H2,1-3H3,(H,20,24)/t15-/m0/s1. The molecule has 0 saturated carbocycles. The zero-order valence-electron chi connectivity index (χ0n) is 15.0. The van der Waals surface area contributed by atoms with Crippen molar-refractivity contribution < 1.29 is 9.53 Å². The Morgan fingerprint density at radius 1 is 1.44 bits per heavy atom. The summed E-state index contributed by atoms with van der Waals surface area (Å²) >= 11 is 0. The van der Waals surface area contributed by atoms with Crippen molar-refractivity contribution in [3.63, 3.8) is 0 Å². The molecule has 1 saturated heterocycles. The van der Waals surface area contributed by atoms with Gasteiger partial charge in [-0.3, -0.25) is 14.7 Å². The van der Waals surface area contributed by atoms with E-state index in [1.54, 1.807) is 18.0 Å². The molecule has 25 heavy (non-hydrogen) atoms. The van der Waals surface area contributed by atoms with Gasteiger partial charge >= 0.3 is 0 Å². The summed E-state index contributed by atoms with van der Waals surface area (Å²) in [5, 5.41) is 7.42. The number of ether oxygens (including phenoxy) is 1. The zero-order chi connectivity index (χ0) is 17.8. The van der Waals surface area contributed by atoms with Gasteiger partial charge < -0.3 is 10.1 Å². The van der Waals surface area contributed by atoms with Crippen LogP contribution >= 0.6 is 0 Å². The van der Waals surface area contributed by atoms with Gasteiger partial charge in [-0.15, -0.1) is 0 Å². The van der Waals surface area contributed by atoms with Crippen LogP contribution in [0, 0.1) is 6.92 Å². The van der Waals surface area contributed by atoms with Crippen LogP contribution in [0.4, 0.5) is 0 Å². The highest BCUT2D eigenvalue weighted by atomic mass is 16.5. The Morgan fingerprint density at radius 3 is 3.00 bits per heavy atom. The van der Waals surface area contributed by atoms with Crippen molar-refractivity contribution in [2.45, 2.75) is 32.4 Å². The van der Waals surface area contributed by atoms with Crippen molar-refractivity contribution in [3.8, 4) is 5.88 Å². The highest BCUT2D eigenvalue weighted by molar-refractivity contribution is 5.78.